The Balaban J connectivity index is 1.46. The molecule has 3 unspecified atom stereocenters. The van der Waals surface area contributed by atoms with Crippen molar-refractivity contribution >= 4 is 29.5 Å². The minimum Gasteiger partial charge on any atom is -0.477 e. The van der Waals surface area contributed by atoms with Crippen molar-refractivity contribution in [1.82, 2.24) is 10.2 Å². The van der Waals surface area contributed by atoms with E-state index in [1.165, 1.54) is 16.7 Å². The number of thioether (sulfide) groups is 1. The van der Waals surface area contributed by atoms with Gasteiger partial charge in [-0.15, -0.1) is 11.8 Å². The fraction of sp³-hybridized carbons (Fsp3) is 0.353. The molecule has 142 valence electrons. The summed E-state index contributed by atoms with van der Waals surface area (Å²) in [5.74, 6) is -0.537. The zero-order valence-corrected chi connectivity index (χ0v) is 15.1. The Morgan fingerprint density at radius 1 is 1.37 bits per heavy atom. The second-order valence-electron chi connectivity index (χ2n) is 6.42. The average Bonchev–Trinajstić information content (AvgIpc) is 3.12. The number of β-lactam (4-membered cyclic amide) rings is 1. The normalized spacial score (nSPS) is 24.2. The Hall–Kier alpha value is -2.72. The molecule has 3 atom stereocenters. The Labute approximate surface area is 158 Å². The van der Waals surface area contributed by atoms with Gasteiger partial charge in [0.25, 0.3) is 5.91 Å². The molecule has 9 nitrogen and oxygen atoms in total. The summed E-state index contributed by atoms with van der Waals surface area (Å²) < 4.78 is 10.5. The van der Waals surface area contributed by atoms with E-state index in [1.807, 2.05) is 0 Å². The summed E-state index contributed by atoms with van der Waals surface area (Å²) in [5, 5.41) is 11.5. The smallest absolute Gasteiger partial charge is 0.352 e. The first-order chi connectivity index (χ1) is 12.9. The number of carbonyl (C=O) groups is 3. The number of aliphatic carboxylic acids is 1. The third-order valence-electron chi connectivity index (χ3n) is 4.70. The number of fused-ring (bicyclic) bond motifs is 2. The molecular formula is C17H17N3O6S. The maximum atomic E-state index is 12.5. The van der Waals surface area contributed by atoms with E-state index in [9.17, 15) is 19.5 Å². The first-order valence-electron chi connectivity index (χ1n) is 8.21. The zero-order chi connectivity index (χ0) is 19.3. The van der Waals surface area contributed by atoms with Gasteiger partial charge in [0.05, 0.1) is 0 Å². The number of ether oxygens (including phenoxy) is 2. The van der Waals surface area contributed by atoms with Crippen LogP contribution in [0.1, 0.15) is 18.5 Å². The van der Waals surface area contributed by atoms with Crippen molar-refractivity contribution < 1.29 is 29.0 Å². The van der Waals surface area contributed by atoms with Gasteiger partial charge in [-0.2, -0.15) is 0 Å². The molecule has 0 radical (unpaired) electrons. The number of hydrogen-bond acceptors (Lipinski definition) is 7. The quantitative estimate of drug-likeness (QED) is 0.619. The van der Waals surface area contributed by atoms with E-state index in [1.54, 1.807) is 25.1 Å². The highest BCUT2D eigenvalue weighted by atomic mass is 32.2. The van der Waals surface area contributed by atoms with E-state index < -0.39 is 35.2 Å². The number of amides is 2. The molecule has 0 saturated carbocycles. The van der Waals surface area contributed by atoms with E-state index in [2.05, 4.69) is 5.32 Å². The summed E-state index contributed by atoms with van der Waals surface area (Å²) in [5.41, 5.74) is 7.17. The van der Waals surface area contributed by atoms with Crippen molar-refractivity contribution in [2.45, 2.75) is 24.4 Å². The van der Waals surface area contributed by atoms with Crippen molar-refractivity contribution in [3.05, 3.63) is 35.0 Å². The number of rotatable bonds is 4. The van der Waals surface area contributed by atoms with Gasteiger partial charge in [-0.3, -0.25) is 14.5 Å². The molecule has 3 aliphatic heterocycles. The average molecular weight is 391 g/mol. The highest BCUT2D eigenvalue weighted by Gasteiger charge is 2.53. The molecule has 1 fully saturated rings. The minimum absolute atomic E-state index is 0.00526. The number of nitrogens with zero attached hydrogens (tertiary/aromatic N) is 1. The first kappa shape index (κ1) is 17.7. The second kappa shape index (κ2) is 6.46. The van der Waals surface area contributed by atoms with Gasteiger partial charge < -0.3 is 25.6 Å². The summed E-state index contributed by atoms with van der Waals surface area (Å²) >= 11 is 1.41. The van der Waals surface area contributed by atoms with Gasteiger partial charge >= 0.3 is 5.97 Å². The van der Waals surface area contributed by atoms with Crippen LogP contribution in [0.2, 0.25) is 0 Å². The van der Waals surface area contributed by atoms with Crippen molar-refractivity contribution in [2.75, 3.05) is 12.5 Å². The third-order valence-corrected chi connectivity index (χ3v) is 6.12. The van der Waals surface area contributed by atoms with E-state index >= 15 is 0 Å². The molecule has 1 aromatic carbocycles. The van der Waals surface area contributed by atoms with Crippen LogP contribution in [0.25, 0.3) is 0 Å². The number of benzene rings is 1. The molecule has 2 amide bonds. The lowest BCUT2D eigenvalue weighted by Gasteiger charge is -2.49. The van der Waals surface area contributed by atoms with Gasteiger partial charge in [-0.25, -0.2) is 4.79 Å². The molecule has 0 aromatic heterocycles. The molecule has 0 aliphatic carbocycles. The highest BCUT2D eigenvalue weighted by molar-refractivity contribution is 8.00. The summed E-state index contributed by atoms with van der Waals surface area (Å²) in [4.78, 5) is 37.6. The predicted octanol–water partition coefficient (Wildman–Crippen LogP) is 0.174. The zero-order valence-electron chi connectivity index (χ0n) is 14.3. The molecule has 3 aliphatic rings. The van der Waals surface area contributed by atoms with Gasteiger partial charge in [0.15, 0.2) is 11.5 Å². The van der Waals surface area contributed by atoms with Crippen LogP contribution >= 0.6 is 11.8 Å². The molecule has 3 heterocycles. The number of carboxylic acids is 1. The van der Waals surface area contributed by atoms with E-state index in [0.717, 1.165) is 0 Å². The molecule has 4 rings (SSSR count). The summed E-state index contributed by atoms with van der Waals surface area (Å²) in [6, 6.07) is 3.17. The van der Waals surface area contributed by atoms with E-state index in [-0.39, 0.29) is 12.5 Å². The van der Waals surface area contributed by atoms with Crippen LogP contribution < -0.4 is 20.5 Å². The largest absolute Gasteiger partial charge is 0.477 e. The first-order valence-corrected chi connectivity index (χ1v) is 9.26. The highest BCUT2D eigenvalue weighted by Crippen LogP contribution is 2.40. The van der Waals surface area contributed by atoms with Crippen LogP contribution in [0.4, 0.5) is 0 Å². The molecule has 27 heavy (non-hydrogen) atoms. The Morgan fingerprint density at radius 2 is 2.11 bits per heavy atom. The van der Waals surface area contributed by atoms with Gasteiger partial charge in [0.1, 0.15) is 23.2 Å². The molecule has 0 bridgehead atoms. The fourth-order valence-corrected chi connectivity index (χ4v) is 4.57. The molecule has 10 heteroatoms. The maximum absolute atomic E-state index is 12.5. The lowest BCUT2D eigenvalue weighted by molar-refractivity contribution is -0.150. The predicted molar refractivity (Wildman–Crippen MR) is 94.9 cm³/mol. The van der Waals surface area contributed by atoms with Gasteiger partial charge in [-0.1, -0.05) is 6.07 Å². The number of carboxylic acid groups (broad SMARTS) is 1. The van der Waals surface area contributed by atoms with E-state index in [4.69, 9.17) is 15.2 Å². The van der Waals surface area contributed by atoms with Crippen LogP contribution in [-0.2, 0) is 14.4 Å². The monoisotopic (exact) mass is 391 g/mol. The van der Waals surface area contributed by atoms with Gasteiger partial charge in [-0.05, 0) is 30.2 Å². The molecular weight excluding hydrogens is 374 g/mol. The maximum Gasteiger partial charge on any atom is 0.352 e. The van der Waals surface area contributed by atoms with Crippen molar-refractivity contribution in [1.29, 1.82) is 0 Å². The SMILES string of the molecule is CC1=C(C(=O)O)N2C(=O)C(NC(=O)C(N)c3ccc4c(c3)OCO4)C2SC1. The van der Waals surface area contributed by atoms with Crippen molar-refractivity contribution in [2.24, 2.45) is 5.73 Å². The van der Waals surface area contributed by atoms with Crippen LogP contribution in [0.5, 0.6) is 11.5 Å². The number of nitrogens with two attached hydrogens (primary N) is 1. The summed E-state index contributed by atoms with van der Waals surface area (Å²) in [6.45, 7) is 1.80. The van der Waals surface area contributed by atoms with Crippen LogP contribution in [0.15, 0.2) is 29.5 Å². The minimum atomic E-state index is -1.15. The molecule has 0 spiro atoms. The van der Waals surface area contributed by atoms with Gasteiger partial charge in [0, 0.05) is 5.75 Å². The van der Waals surface area contributed by atoms with Crippen LogP contribution in [0, 0.1) is 0 Å². The van der Waals surface area contributed by atoms with Crippen LogP contribution in [-0.4, -0.2) is 51.8 Å². The Bertz CT molecular complexity index is 885. The summed E-state index contributed by atoms with van der Waals surface area (Å²) in [6.07, 6.45) is 0. The fourth-order valence-electron chi connectivity index (χ4n) is 3.28. The standard InChI is InChI=1S/C17H17N3O6S/c1-7-5-27-16-12(15(22)20(16)13(7)17(23)24)19-14(21)11(18)8-2-3-9-10(4-8)26-6-25-9/h2-4,11-12,16H,5-6,18H2,1H3,(H,19,21)(H,23,24). The van der Waals surface area contributed by atoms with Crippen LogP contribution in [0.3, 0.4) is 0 Å². The lowest BCUT2D eigenvalue weighted by Crippen LogP contribution is -2.71. The molecule has 1 aromatic rings. The molecule has 1 saturated heterocycles. The summed E-state index contributed by atoms with van der Waals surface area (Å²) in [7, 11) is 0. The third kappa shape index (κ3) is 2.81. The second-order valence-corrected chi connectivity index (χ2v) is 7.53. The topological polar surface area (TPSA) is 131 Å². The number of hydrogen-bond donors (Lipinski definition) is 3. The lowest BCUT2D eigenvalue weighted by atomic mass is 10.0. The number of nitrogens with one attached hydrogen (secondary N) is 1. The van der Waals surface area contributed by atoms with E-state index in [0.29, 0.717) is 28.4 Å². The Kier molecular flexibility index (Phi) is 4.23. The van der Waals surface area contributed by atoms with Gasteiger partial charge in [0.2, 0.25) is 12.7 Å². The molecule has 4 N–H and O–H groups in total. The van der Waals surface area contributed by atoms with Crippen molar-refractivity contribution in [3.63, 3.8) is 0 Å². The van der Waals surface area contributed by atoms with Crippen molar-refractivity contribution in [3.8, 4) is 11.5 Å². The Morgan fingerprint density at radius 3 is 2.85 bits per heavy atom. The number of carbonyl (C=O) groups excluding carboxylic acids is 2.